The van der Waals surface area contributed by atoms with Gasteiger partial charge in [0.25, 0.3) is 5.91 Å². The lowest BCUT2D eigenvalue weighted by molar-refractivity contribution is 0.0499. The molecule has 2 heterocycles. The van der Waals surface area contributed by atoms with Crippen LogP contribution in [0.2, 0.25) is 5.02 Å². The zero-order chi connectivity index (χ0) is 16.3. The van der Waals surface area contributed by atoms with Gasteiger partial charge in [-0.3, -0.25) is 4.79 Å². The van der Waals surface area contributed by atoms with Crippen molar-refractivity contribution in [1.29, 1.82) is 0 Å². The first-order chi connectivity index (χ1) is 11.1. The van der Waals surface area contributed by atoms with Gasteiger partial charge in [-0.15, -0.1) is 11.3 Å². The standard InChI is InChI=1S/C17H17BrClNO2S/c18-12-3-4-14(19)13(10-12)16(21)20-11-17(5-7-22-8-6-17)15-2-1-9-23-15/h1-4,9-10H,5-8,11H2,(H,20,21). The molecule has 3 nitrogen and oxygen atoms in total. The molecular weight excluding hydrogens is 398 g/mol. The first-order valence-corrected chi connectivity index (χ1v) is 9.51. The maximum Gasteiger partial charge on any atom is 0.252 e. The second-order valence-electron chi connectivity index (χ2n) is 5.68. The van der Waals surface area contributed by atoms with E-state index in [0.29, 0.717) is 17.1 Å². The van der Waals surface area contributed by atoms with E-state index in [1.165, 1.54) is 4.88 Å². The number of ether oxygens (including phenoxy) is 1. The summed E-state index contributed by atoms with van der Waals surface area (Å²) in [5.74, 6) is -0.140. The van der Waals surface area contributed by atoms with Gasteiger partial charge in [-0.2, -0.15) is 0 Å². The van der Waals surface area contributed by atoms with Crippen molar-refractivity contribution in [1.82, 2.24) is 5.32 Å². The van der Waals surface area contributed by atoms with Crippen molar-refractivity contribution >= 4 is 44.8 Å². The molecule has 23 heavy (non-hydrogen) atoms. The summed E-state index contributed by atoms with van der Waals surface area (Å²) >= 11 is 11.3. The fourth-order valence-electron chi connectivity index (χ4n) is 2.87. The van der Waals surface area contributed by atoms with Gasteiger partial charge in [0.05, 0.1) is 10.6 Å². The van der Waals surface area contributed by atoms with Gasteiger partial charge in [0.2, 0.25) is 0 Å². The van der Waals surface area contributed by atoms with Crippen molar-refractivity contribution in [3.05, 3.63) is 55.6 Å². The molecular formula is C17H17BrClNO2S. The summed E-state index contributed by atoms with van der Waals surface area (Å²) in [7, 11) is 0. The molecule has 0 unspecified atom stereocenters. The predicted molar refractivity (Wildman–Crippen MR) is 97.5 cm³/mol. The summed E-state index contributed by atoms with van der Waals surface area (Å²) in [6.07, 6.45) is 1.83. The number of hydrogen-bond acceptors (Lipinski definition) is 3. The third-order valence-corrected chi connectivity index (χ3v) is 6.19. The van der Waals surface area contributed by atoms with E-state index in [-0.39, 0.29) is 11.3 Å². The maximum absolute atomic E-state index is 12.5. The van der Waals surface area contributed by atoms with Gasteiger partial charge in [-0.25, -0.2) is 0 Å². The summed E-state index contributed by atoms with van der Waals surface area (Å²) in [5.41, 5.74) is 0.454. The molecule has 1 aliphatic heterocycles. The van der Waals surface area contributed by atoms with E-state index >= 15 is 0 Å². The number of carbonyl (C=O) groups excluding carboxylic acids is 1. The molecule has 1 aromatic heterocycles. The molecule has 1 N–H and O–H groups in total. The van der Waals surface area contributed by atoms with Crippen molar-refractivity contribution in [2.24, 2.45) is 0 Å². The number of carbonyl (C=O) groups is 1. The Bertz CT molecular complexity index is 684. The molecule has 1 fully saturated rings. The Balaban J connectivity index is 1.77. The highest BCUT2D eigenvalue weighted by molar-refractivity contribution is 9.10. The normalized spacial score (nSPS) is 17.0. The minimum Gasteiger partial charge on any atom is -0.381 e. The van der Waals surface area contributed by atoms with Crippen LogP contribution in [0.25, 0.3) is 0 Å². The average molecular weight is 415 g/mol. The highest BCUT2D eigenvalue weighted by atomic mass is 79.9. The smallest absolute Gasteiger partial charge is 0.252 e. The van der Waals surface area contributed by atoms with Crippen LogP contribution in [0.3, 0.4) is 0 Å². The molecule has 0 aliphatic carbocycles. The number of nitrogens with one attached hydrogen (secondary N) is 1. The van der Waals surface area contributed by atoms with Crippen LogP contribution in [-0.4, -0.2) is 25.7 Å². The van der Waals surface area contributed by atoms with Crippen LogP contribution in [0.4, 0.5) is 0 Å². The fraction of sp³-hybridized carbons (Fsp3) is 0.353. The first kappa shape index (κ1) is 17.0. The highest BCUT2D eigenvalue weighted by Crippen LogP contribution is 2.37. The van der Waals surface area contributed by atoms with E-state index < -0.39 is 0 Å². The second-order valence-corrected chi connectivity index (χ2v) is 7.95. The Labute approximate surface area is 153 Å². The molecule has 0 bridgehead atoms. The predicted octanol–water partition coefficient (Wildman–Crippen LogP) is 4.64. The Morgan fingerprint density at radius 3 is 2.83 bits per heavy atom. The third kappa shape index (κ3) is 3.79. The molecule has 1 aliphatic rings. The minimum atomic E-state index is -0.140. The van der Waals surface area contributed by atoms with Crippen LogP contribution in [0.5, 0.6) is 0 Å². The number of hydrogen-bond donors (Lipinski definition) is 1. The molecule has 6 heteroatoms. The van der Waals surface area contributed by atoms with Gasteiger partial charge in [0.1, 0.15) is 0 Å². The molecule has 1 aromatic carbocycles. The van der Waals surface area contributed by atoms with Crippen molar-refractivity contribution in [2.45, 2.75) is 18.3 Å². The number of rotatable bonds is 4. The quantitative estimate of drug-likeness (QED) is 0.791. The van der Waals surface area contributed by atoms with Crippen LogP contribution < -0.4 is 5.32 Å². The van der Waals surface area contributed by atoms with Gasteiger partial charge < -0.3 is 10.1 Å². The molecule has 1 saturated heterocycles. The van der Waals surface area contributed by atoms with E-state index in [4.69, 9.17) is 16.3 Å². The molecule has 0 atom stereocenters. The zero-order valence-corrected chi connectivity index (χ0v) is 15.6. The zero-order valence-electron chi connectivity index (χ0n) is 12.5. The fourth-order valence-corrected chi connectivity index (χ4v) is 4.42. The molecule has 122 valence electrons. The van der Waals surface area contributed by atoms with Crippen LogP contribution in [0.15, 0.2) is 40.2 Å². The number of thiophene rings is 1. The summed E-state index contributed by atoms with van der Waals surface area (Å²) in [4.78, 5) is 13.8. The van der Waals surface area contributed by atoms with Crippen molar-refractivity contribution in [2.75, 3.05) is 19.8 Å². The Morgan fingerprint density at radius 2 is 2.13 bits per heavy atom. The topological polar surface area (TPSA) is 38.3 Å². The lowest BCUT2D eigenvalue weighted by Crippen LogP contribution is -2.44. The molecule has 2 aromatic rings. The van der Waals surface area contributed by atoms with Gasteiger partial charge in [-0.1, -0.05) is 33.6 Å². The number of benzene rings is 1. The second kappa shape index (κ2) is 7.34. The van der Waals surface area contributed by atoms with E-state index in [9.17, 15) is 4.79 Å². The summed E-state index contributed by atoms with van der Waals surface area (Å²) in [5, 5.41) is 5.62. The van der Waals surface area contributed by atoms with Crippen molar-refractivity contribution in [3.63, 3.8) is 0 Å². The number of halogens is 2. The van der Waals surface area contributed by atoms with Crippen LogP contribution in [0, 0.1) is 0 Å². The van der Waals surface area contributed by atoms with Gasteiger partial charge in [-0.05, 0) is 42.5 Å². The number of amides is 1. The first-order valence-electron chi connectivity index (χ1n) is 7.46. The summed E-state index contributed by atoms with van der Waals surface area (Å²) < 4.78 is 6.35. The van der Waals surface area contributed by atoms with Crippen molar-refractivity contribution < 1.29 is 9.53 Å². The Morgan fingerprint density at radius 1 is 1.35 bits per heavy atom. The van der Waals surface area contributed by atoms with E-state index in [1.54, 1.807) is 23.5 Å². The van der Waals surface area contributed by atoms with Crippen LogP contribution >= 0.6 is 38.9 Å². The molecule has 0 saturated carbocycles. The Kier molecular flexibility index (Phi) is 5.42. The third-order valence-electron chi connectivity index (χ3n) is 4.25. The SMILES string of the molecule is O=C(NCC1(c2cccs2)CCOCC1)c1cc(Br)ccc1Cl. The van der Waals surface area contributed by atoms with E-state index in [2.05, 4.69) is 38.8 Å². The van der Waals surface area contributed by atoms with Gasteiger partial charge in [0, 0.05) is 34.5 Å². The highest BCUT2D eigenvalue weighted by Gasteiger charge is 2.35. The molecule has 1 amide bonds. The molecule has 0 radical (unpaired) electrons. The lowest BCUT2D eigenvalue weighted by Gasteiger charge is -2.36. The molecule has 3 rings (SSSR count). The minimum absolute atomic E-state index is 0.0411. The lowest BCUT2D eigenvalue weighted by atomic mass is 9.78. The van der Waals surface area contributed by atoms with E-state index in [1.807, 2.05) is 6.07 Å². The van der Waals surface area contributed by atoms with E-state index in [0.717, 1.165) is 30.5 Å². The van der Waals surface area contributed by atoms with Crippen LogP contribution in [-0.2, 0) is 10.2 Å². The monoisotopic (exact) mass is 413 g/mol. The van der Waals surface area contributed by atoms with Crippen molar-refractivity contribution in [3.8, 4) is 0 Å². The van der Waals surface area contributed by atoms with Gasteiger partial charge in [0.15, 0.2) is 0 Å². The summed E-state index contributed by atoms with van der Waals surface area (Å²) in [6.45, 7) is 2.05. The summed E-state index contributed by atoms with van der Waals surface area (Å²) in [6, 6.07) is 9.51. The van der Waals surface area contributed by atoms with Gasteiger partial charge >= 0.3 is 0 Å². The molecule has 0 spiro atoms. The maximum atomic E-state index is 12.5. The van der Waals surface area contributed by atoms with Crippen LogP contribution in [0.1, 0.15) is 28.1 Å². The average Bonchev–Trinajstić information content (AvgIpc) is 3.11. The largest absolute Gasteiger partial charge is 0.381 e. The Hall–Kier alpha value is -0.880.